The SMILES string of the molecule is CCOCCN(C)S(=O)(=O)c1ccc(C(N)=S)nc1. The number of ether oxygens (including phenoxy) is 1. The van der Waals surface area contributed by atoms with Crippen molar-refractivity contribution in [2.75, 3.05) is 26.8 Å². The summed E-state index contributed by atoms with van der Waals surface area (Å²) in [7, 11) is -2.06. The molecule has 0 aliphatic carbocycles. The van der Waals surface area contributed by atoms with Crippen molar-refractivity contribution < 1.29 is 13.2 Å². The van der Waals surface area contributed by atoms with Crippen molar-refractivity contribution in [1.82, 2.24) is 9.29 Å². The molecule has 0 aromatic carbocycles. The van der Waals surface area contributed by atoms with Crippen molar-refractivity contribution in [3.8, 4) is 0 Å². The van der Waals surface area contributed by atoms with Crippen molar-refractivity contribution in [3.05, 3.63) is 24.0 Å². The second-order valence-corrected chi connectivity index (χ2v) is 6.25. The van der Waals surface area contributed by atoms with Gasteiger partial charge in [0.05, 0.1) is 12.3 Å². The minimum absolute atomic E-state index is 0.103. The summed E-state index contributed by atoms with van der Waals surface area (Å²) in [5.41, 5.74) is 5.80. The lowest BCUT2D eigenvalue weighted by molar-refractivity contribution is 0.138. The van der Waals surface area contributed by atoms with Crippen LogP contribution in [-0.2, 0) is 14.8 Å². The van der Waals surface area contributed by atoms with E-state index in [0.717, 1.165) is 0 Å². The zero-order valence-corrected chi connectivity index (χ0v) is 12.5. The van der Waals surface area contributed by atoms with Crippen LogP contribution >= 0.6 is 12.2 Å². The number of nitrogens with two attached hydrogens (primary N) is 1. The van der Waals surface area contributed by atoms with Gasteiger partial charge in [-0.1, -0.05) is 12.2 Å². The Kier molecular flexibility index (Phi) is 5.80. The number of sulfonamides is 1. The predicted molar refractivity (Wildman–Crippen MR) is 76.4 cm³/mol. The van der Waals surface area contributed by atoms with Crippen molar-refractivity contribution in [2.45, 2.75) is 11.8 Å². The average Bonchev–Trinajstić information content (AvgIpc) is 2.39. The van der Waals surface area contributed by atoms with Gasteiger partial charge in [0.15, 0.2) is 0 Å². The van der Waals surface area contributed by atoms with E-state index >= 15 is 0 Å². The van der Waals surface area contributed by atoms with Gasteiger partial charge in [-0.3, -0.25) is 4.98 Å². The van der Waals surface area contributed by atoms with E-state index in [0.29, 0.717) is 18.9 Å². The lowest BCUT2D eigenvalue weighted by atomic mass is 10.3. The number of likely N-dealkylation sites (N-methyl/N-ethyl adjacent to an activating group) is 1. The lowest BCUT2D eigenvalue weighted by Crippen LogP contribution is -2.30. The van der Waals surface area contributed by atoms with Crippen LogP contribution in [0.2, 0.25) is 0 Å². The second-order valence-electron chi connectivity index (χ2n) is 3.77. The smallest absolute Gasteiger partial charge is 0.244 e. The molecule has 0 aliphatic rings. The van der Waals surface area contributed by atoms with E-state index in [1.165, 1.54) is 29.7 Å². The molecular formula is C11H17N3O3S2. The Morgan fingerprint density at radius 2 is 2.21 bits per heavy atom. The summed E-state index contributed by atoms with van der Waals surface area (Å²) in [5.74, 6) is 0. The van der Waals surface area contributed by atoms with Gasteiger partial charge < -0.3 is 10.5 Å². The summed E-state index contributed by atoms with van der Waals surface area (Å²) in [6.07, 6.45) is 1.25. The maximum absolute atomic E-state index is 12.2. The Hall–Kier alpha value is -1.09. The van der Waals surface area contributed by atoms with Crippen LogP contribution in [-0.4, -0.2) is 49.5 Å². The molecule has 1 aromatic rings. The van der Waals surface area contributed by atoms with Crippen molar-refractivity contribution >= 4 is 27.2 Å². The first-order chi connectivity index (χ1) is 8.89. The predicted octanol–water partition coefficient (Wildman–Crippen LogP) is 0.373. The largest absolute Gasteiger partial charge is 0.388 e. The van der Waals surface area contributed by atoms with Crippen LogP contribution in [0.3, 0.4) is 0 Å². The summed E-state index contributed by atoms with van der Waals surface area (Å²) in [6, 6.07) is 2.93. The van der Waals surface area contributed by atoms with Crippen LogP contribution in [0.15, 0.2) is 23.2 Å². The molecule has 2 N–H and O–H groups in total. The van der Waals surface area contributed by atoms with Crippen LogP contribution in [0.5, 0.6) is 0 Å². The van der Waals surface area contributed by atoms with Gasteiger partial charge in [0, 0.05) is 26.4 Å². The fourth-order valence-corrected chi connectivity index (χ4v) is 2.54. The quantitative estimate of drug-likeness (QED) is 0.579. The third-order valence-electron chi connectivity index (χ3n) is 2.45. The summed E-state index contributed by atoms with van der Waals surface area (Å²) in [4.78, 5) is 4.16. The third kappa shape index (κ3) is 4.20. The van der Waals surface area contributed by atoms with E-state index in [4.69, 9.17) is 22.7 Å². The van der Waals surface area contributed by atoms with E-state index in [-0.39, 0.29) is 16.4 Å². The highest BCUT2D eigenvalue weighted by Gasteiger charge is 2.20. The Morgan fingerprint density at radius 3 is 2.68 bits per heavy atom. The molecule has 8 heteroatoms. The molecule has 0 spiro atoms. The van der Waals surface area contributed by atoms with E-state index in [2.05, 4.69) is 4.98 Å². The van der Waals surface area contributed by atoms with Gasteiger partial charge >= 0.3 is 0 Å². The highest BCUT2D eigenvalue weighted by molar-refractivity contribution is 7.89. The van der Waals surface area contributed by atoms with Crippen LogP contribution in [0, 0.1) is 0 Å². The number of aromatic nitrogens is 1. The number of hydrogen-bond donors (Lipinski definition) is 1. The number of nitrogens with zero attached hydrogens (tertiary/aromatic N) is 2. The van der Waals surface area contributed by atoms with Crippen molar-refractivity contribution in [2.24, 2.45) is 5.73 Å². The number of pyridine rings is 1. The van der Waals surface area contributed by atoms with Gasteiger partial charge in [-0.2, -0.15) is 4.31 Å². The maximum atomic E-state index is 12.2. The van der Waals surface area contributed by atoms with Gasteiger partial charge in [0.25, 0.3) is 0 Å². The molecule has 0 radical (unpaired) electrons. The molecule has 19 heavy (non-hydrogen) atoms. The zero-order chi connectivity index (χ0) is 14.5. The molecule has 0 atom stereocenters. The first-order valence-corrected chi connectivity index (χ1v) is 7.54. The molecule has 106 valence electrons. The Bertz CT molecular complexity index is 529. The standard InChI is InChI=1S/C11H17N3O3S2/c1-3-17-7-6-14(2)19(15,16)9-4-5-10(11(12)18)13-8-9/h4-5,8H,3,6-7H2,1-2H3,(H2,12,18). The third-order valence-corrected chi connectivity index (χ3v) is 4.50. The number of rotatable bonds is 7. The fraction of sp³-hybridized carbons (Fsp3) is 0.455. The molecule has 6 nitrogen and oxygen atoms in total. The molecule has 0 unspecified atom stereocenters. The maximum Gasteiger partial charge on any atom is 0.244 e. The Morgan fingerprint density at radius 1 is 1.53 bits per heavy atom. The topological polar surface area (TPSA) is 85.5 Å². The summed E-state index contributed by atoms with van der Waals surface area (Å²) in [5, 5.41) is 0. The normalized spacial score (nSPS) is 11.7. The molecule has 0 saturated heterocycles. The monoisotopic (exact) mass is 303 g/mol. The van der Waals surface area contributed by atoms with Crippen molar-refractivity contribution in [3.63, 3.8) is 0 Å². The van der Waals surface area contributed by atoms with E-state index < -0.39 is 10.0 Å². The van der Waals surface area contributed by atoms with Crippen LogP contribution in [0.1, 0.15) is 12.6 Å². The van der Waals surface area contributed by atoms with Gasteiger partial charge in [0.2, 0.25) is 10.0 Å². The van der Waals surface area contributed by atoms with Gasteiger partial charge in [-0.05, 0) is 19.1 Å². The first kappa shape index (κ1) is 16.0. The molecule has 0 fully saturated rings. The van der Waals surface area contributed by atoms with Crippen LogP contribution in [0.25, 0.3) is 0 Å². The van der Waals surface area contributed by atoms with E-state index in [9.17, 15) is 8.42 Å². The number of thiocarbonyl (C=S) groups is 1. The Balaban J connectivity index is 2.84. The first-order valence-electron chi connectivity index (χ1n) is 5.69. The number of hydrogen-bond acceptors (Lipinski definition) is 5. The molecule has 0 saturated carbocycles. The molecule has 0 aliphatic heterocycles. The zero-order valence-electron chi connectivity index (χ0n) is 10.9. The lowest BCUT2D eigenvalue weighted by Gasteiger charge is -2.16. The van der Waals surface area contributed by atoms with Gasteiger partial charge in [0.1, 0.15) is 9.88 Å². The van der Waals surface area contributed by atoms with Gasteiger partial charge in [-0.15, -0.1) is 0 Å². The van der Waals surface area contributed by atoms with Gasteiger partial charge in [-0.25, -0.2) is 8.42 Å². The Labute approximate surface area is 118 Å². The molecule has 0 bridgehead atoms. The van der Waals surface area contributed by atoms with Crippen LogP contribution < -0.4 is 5.73 Å². The minimum atomic E-state index is -3.56. The summed E-state index contributed by atoms with van der Waals surface area (Å²) in [6.45, 7) is 3.04. The summed E-state index contributed by atoms with van der Waals surface area (Å²) >= 11 is 4.76. The second kappa shape index (κ2) is 6.90. The van der Waals surface area contributed by atoms with Crippen molar-refractivity contribution in [1.29, 1.82) is 0 Å². The van der Waals surface area contributed by atoms with Crippen LogP contribution in [0.4, 0.5) is 0 Å². The average molecular weight is 303 g/mol. The van der Waals surface area contributed by atoms with E-state index in [1.54, 1.807) is 0 Å². The fourth-order valence-electron chi connectivity index (χ4n) is 1.32. The molecular weight excluding hydrogens is 286 g/mol. The minimum Gasteiger partial charge on any atom is -0.388 e. The molecule has 1 aromatic heterocycles. The molecule has 0 amide bonds. The highest BCUT2D eigenvalue weighted by atomic mass is 32.2. The highest BCUT2D eigenvalue weighted by Crippen LogP contribution is 2.13. The molecule has 1 heterocycles. The van der Waals surface area contributed by atoms with E-state index in [1.807, 2.05) is 6.92 Å². The molecule has 1 rings (SSSR count). The summed E-state index contributed by atoms with van der Waals surface area (Å²) < 4.78 is 30.7.